The Balaban J connectivity index is 1.70. The van der Waals surface area contributed by atoms with Crippen molar-refractivity contribution in [3.05, 3.63) is 35.2 Å². The van der Waals surface area contributed by atoms with Crippen molar-refractivity contribution in [2.24, 2.45) is 0 Å². The summed E-state index contributed by atoms with van der Waals surface area (Å²) in [4.78, 5) is 25.6. The summed E-state index contributed by atoms with van der Waals surface area (Å²) in [6.07, 6.45) is 10.1. The number of aryl methyl sites for hydroxylation is 1. The van der Waals surface area contributed by atoms with Crippen molar-refractivity contribution in [3.63, 3.8) is 0 Å². The lowest BCUT2D eigenvalue weighted by atomic mass is 9.84. The summed E-state index contributed by atoms with van der Waals surface area (Å²) >= 11 is 0. The van der Waals surface area contributed by atoms with Gasteiger partial charge in [0.25, 0.3) is 0 Å². The molecule has 2 aromatic rings. The molecule has 2 N–H and O–H groups in total. The van der Waals surface area contributed by atoms with Crippen LogP contribution in [0.3, 0.4) is 0 Å². The van der Waals surface area contributed by atoms with Crippen LogP contribution in [0.2, 0.25) is 0 Å². The highest BCUT2D eigenvalue weighted by Gasteiger charge is 2.33. The summed E-state index contributed by atoms with van der Waals surface area (Å²) in [5.41, 5.74) is 7.89. The number of Topliss-reactive ketones (excluding diaryl/α,β-unsaturated/α-hetero) is 1. The minimum Gasteiger partial charge on any atom is -0.368 e. The Kier molecular flexibility index (Phi) is 3.39. The molecule has 0 saturated heterocycles. The molecule has 1 atom stereocenters. The van der Waals surface area contributed by atoms with Gasteiger partial charge in [0.05, 0.1) is 17.0 Å². The molecule has 2 heterocycles. The molecule has 2 aliphatic rings. The van der Waals surface area contributed by atoms with Gasteiger partial charge in [-0.1, -0.05) is 12.8 Å². The standard InChI is InChI=1S/C17H21N5O/c1-10-15-13(21-17(18)20-10)8-11(9-14(15)23)16-19-6-7-22(16)12-4-2-3-5-12/h6-7,11-12H,2-5,8-9H2,1H3,(H2,18,20,21). The van der Waals surface area contributed by atoms with Crippen molar-refractivity contribution >= 4 is 11.7 Å². The third-order valence-electron chi connectivity index (χ3n) is 5.11. The van der Waals surface area contributed by atoms with E-state index >= 15 is 0 Å². The Morgan fingerprint density at radius 1 is 1.22 bits per heavy atom. The van der Waals surface area contributed by atoms with Crippen molar-refractivity contribution in [2.45, 2.75) is 57.4 Å². The van der Waals surface area contributed by atoms with Crippen LogP contribution in [0.15, 0.2) is 12.4 Å². The minimum atomic E-state index is 0.0827. The second-order valence-electron chi connectivity index (χ2n) is 6.65. The highest BCUT2D eigenvalue weighted by atomic mass is 16.1. The summed E-state index contributed by atoms with van der Waals surface area (Å²) in [6.45, 7) is 1.83. The molecular weight excluding hydrogens is 290 g/mol. The number of rotatable bonds is 2. The van der Waals surface area contributed by atoms with E-state index in [9.17, 15) is 4.79 Å². The van der Waals surface area contributed by atoms with E-state index in [-0.39, 0.29) is 17.6 Å². The predicted molar refractivity (Wildman–Crippen MR) is 86.3 cm³/mol. The third kappa shape index (κ3) is 2.42. The number of nitrogen functional groups attached to an aromatic ring is 1. The fourth-order valence-electron chi connectivity index (χ4n) is 4.11. The molecule has 0 bridgehead atoms. The van der Waals surface area contributed by atoms with E-state index in [1.165, 1.54) is 25.7 Å². The monoisotopic (exact) mass is 311 g/mol. The Hall–Kier alpha value is -2.24. The van der Waals surface area contributed by atoms with Gasteiger partial charge in [-0.2, -0.15) is 0 Å². The Bertz CT molecular complexity index is 760. The van der Waals surface area contributed by atoms with E-state index < -0.39 is 0 Å². The van der Waals surface area contributed by atoms with Gasteiger partial charge >= 0.3 is 0 Å². The van der Waals surface area contributed by atoms with Gasteiger partial charge in [0.1, 0.15) is 5.82 Å². The lowest BCUT2D eigenvalue weighted by Gasteiger charge is -2.25. The fourth-order valence-corrected chi connectivity index (χ4v) is 4.11. The minimum absolute atomic E-state index is 0.0827. The topological polar surface area (TPSA) is 86.7 Å². The average Bonchev–Trinajstić information content (AvgIpc) is 3.17. The molecule has 6 nitrogen and oxygen atoms in total. The maximum Gasteiger partial charge on any atom is 0.220 e. The molecule has 0 spiro atoms. The summed E-state index contributed by atoms with van der Waals surface area (Å²) in [7, 11) is 0. The quantitative estimate of drug-likeness (QED) is 0.921. The maximum absolute atomic E-state index is 12.6. The molecule has 6 heteroatoms. The number of nitrogens with zero attached hydrogens (tertiary/aromatic N) is 4. The van der Waals surface area contributed by atoms with Crippen LogP contribution in [-0.2, 0) is 6.42 Å². The molecule has 0 radical (unpaired) electrons. The summed E-state index contributed by atoms with van der Waals surface area (Å²) in [6, 6.07) is 0.529. The zero-order valence-corrected chi connectivity index (χ0v) is 13.3. The van der Waals surface area contributed by atoms with Crippen molar-refractivity contribution in [2.75, 3.05) is 5.73 Å². The van der Waals surface area contributed by atoms with Gasteiger partial charge in [-0.25, -0.2) is 15.0 Å². The van der Waals surface area contributed by atoms with E-state index in [1.54, 1.807) is 0 Å². The first-order valence-corrected chi connectivity index (χ1v) is 8.32. The first-order valence-electron chi connectivity index (χ1n) is 8.32. The number of fused-ring (bicyclic) bond motifs is 1. The van der Waals surface area contributed by atoms with Crippen molar-refractivity contribution < 1.29 is 4.79 Å². The number of aromatic nitrogens is 4. The first-order chi connectivity index (χ1) is 11.1. The number of ketones is 1. The van der Waals surface area contributed by atoms with Crippen LogP contribution in [0.25, 0.3) is 0 Å². The van der Waals surface area contributed by atoms with E-state index in [1.807, 2.05) is 13.1 Å². The first kappa shape index (κ1) is 14.4. The SMILES string of the molecule is Cc1nc(N)nc2c1C(=O)CC(c1nccn1C1CCCC1)C2. The molecule has 0 amide bonds. The Morgan fingerprint density at radius 2 is 2.00 bits per heavy atom. The second kappa shape index (κ2) is 5.44. The third-order valence-corrected chi connectivity index (χ3v) is 5.11. The number of anilines is 1. The molecular formula is C17H21N5O. The van der Waals surface area contributed by atoms with Crippen LogP contribution in [0, 0.1) is 6.92 Å². The van der Waals surface area contributed by atoms with Crippen LogP contribution in [0.4, 0.5) is 5.95 Å². The number of hydrogen-bond donors (Lipinski definition) is 1. The van der Waals surface area contributed by atoms with Crippen molar-refractivity contribution in [3.8, 4) is 0 Å². The molecule has 0 aromatic carbocycles. The van der Waals surface area contributed by atoms with Gasteiger partial charge in [0.2, 0.25) is 5.95 Å². The molecule has 1 fully saturated rings. The van der Waals surface area contributed by atoms with Gasteiger partial charge in [0, 0.05) is 37.2 Å². The van der Waals surface area contributed by atoms with Crippen molar-refractivity contribution in [1.29, 1.82) is 0 Å². The van der Waals surface area contributed by atoms with Crippen LogP contribution >= 0.6 is 0 Å². The Labute approximate surface area is 135 Å². The van der Waals surface area contributed by atoms with E-state index in [4.69, 9.17) is 5.73 Å². The van der Waals surface area contributed by atoms with E-state index in [0.29, 0.717) is 30.1 Å². The number of imidazole rings is 1. The lowest BCUT2D eigenvalue weighted by molar-refractivity contribution is 0.0959. The second-order valence-corrected chi connectivity index (χ2v) is 6.65. The predicted octanol–water partition coefficient (Wildman–Crippen LogP) is 2.59. The molecule has 4 rings (SSSR count). The maximum atomic E-state index is 12.6. The van der Waals surface area contributed by atoms with Gasteiger partial charge in [0.15, 0.2) is 5.78 Å². The van der Waals surface area contributed by atoms with Gasteiger partial charge in [-0.3, -0.25) is 4.79 Å². The fraction of sp³-hybridized carbons (Fsp3) is 0.529. The molecule has 1 saturated carbocycles. The lowest BCUT2D eigenvalue weighted by Crippen LogP contribution is -2.25. The zero-order valence-electron chi connectivity index (χ0n) is 13.3. The Morgan fingerprint density at radius 3 is 2.78 bits per heavy atom. The molecule has 2 aromatic heterocycles. The number of nitrogens with two attached hydrogens (primary N) is 1. The van der Waals surface area contributed by atoms with Crippen LogP contribution in [0.5, 0.6) is 0 Å². The van der Waals surface area contributed by atoms with Crippen LogP contribution in [-0.4, -0.2) is 25.3 Å². The van der Waals surface area contributed by atoms with Crippen LogP contribution < -0.4 is 5.73 Å². The summed E-state index contributed by atoms with van der Waals surface area (Å²) in [5, 5.41) is 0. The highest BCUT2D eigenvalue weighted by Crippen LogP contribution is 2.36. The van der Waals surface area contributed by atoms with E-state index in [2.05, 4.69) is 25.7 Å². The summed E-state index contributed by atoms with van der Waals surface area (Å²) < 4.78 is 2.29. The van der Waals surface area contributed by atoms with Crippen LogP contribution in [0.1, 0.15) is 71.6 Å². The van der Waals surface area contributed by atoms with Crippen molar-refractivity contribution in [1.82, 2.24) is 19.5 Å². The van der Waals surface area contributed by atoms with Gasteiger partial charge < -0.3 is 10.3 Å². The number of carbonyl (C=O) groups is 1. The molecule has 0 aliphatic heterocycles. The molecule has 23 heavy (non-hydrogen) atoms. The molecule has 2 aliphatic carbocycles. The van der Waals surface area contributed by atoms with Gasteiger partial charge in [-0.15, -0.1) is 0 Å². The normalized spacial score (nSPS) is 21.6. The highest BCUT2D eigenvalue weighted by molar-refractivity contribution is 5.99. The average molecular weight is 311 g/mol. The molecule has 1 unspecified atom stereocenters. The van der Waals surface area contributed by atoms with Gasteiger partial charge in [-0.05, 0) is 19.8 Å². The number of carbonyl (C=O) groups excluding carboxylic acids is 1. The summed E-state index contributed by atoms with van der Waals surface area (Å²) in [5.74, 6) is 1.45. The number of hydrogen-bond acceptors (Lipinski definition) is 5. The zero-order chi connectivity index (χ0) is 16.0. The molecule has 120 valence electrons. The van der Waals surface area contributed by atoms with E-state index in [0.717, 1.165) is 11.5 Å². The largest absolute Gasteiger partial charge is 0.368 e. The smallest absolute Gasteiger partial charge is 0.220 e.